The van der Waals surface area contributed by atoms with Gasteiger partial charge in [0.25, 0.3) is 0 Å². The lowest BCUT2D eigenvalue weighted by atomic mass is 10.2. The van der Waals surface area contributed by atoms with Gasteiger partial charge in [0.05, 0.1) is 13.2 Å². The van der Waals surface area contributed by atoms with Gasteiger partial charge in [-0.2, -0.15) is 24.9 Å². The van der Waals surface area contributed by atoms with E-state index in [4.69, 9.17) is 4.74 Å². The average Bonchev–Trinajstić information content (AvgIpc) is 2.65. The van der Waals surface area contributed by atoms with Crippen LogP contribution in [0.5, 0.6) is 0 Å². The molecular formula is C11H17F3OS. The average molecular weight is 254 g/mol. The number of rotatable bonds is 6. The molecule has 1 heterocycles. The van der Waals surface area contributed by atoms with Gasteiger partial charge < -0.3 is 4.74 Å². The Hall–Kier alpha value is 0.1000. The Morgan fingerprint density at radius 2 is 1.81 bits per heavy atom. The fourth-order valence-corrected chi connectivity index (χ4v) is 3.70. The second-order valence-corrected chi connectivity index (χ2v) is 5.83. The standard InChI is InChI=1S/C11H17F3OS/c12-11(13,14)3-1-2-4-16-7-10-8-5-15-6-9(8)10/h8-10H,1-7H2. The normalized spacial score (nSPS) is 32.8. The molecule has 1 nitrogen and oxygen atoms in total. The zero-order valence-corrected chi connectivity index (χ0v) is 9.95. The fraction of sp³-hybridized carbons (Fsp3) is 1.00. The number of thioether (sulfide) groups is 1. The second-order valence-electron chi connectivity index (χ2n) is 4.68. The van der Waals surface area contributed by atoms with E-state index in [0.717, 1.165) is 42.5 Å². The summed E-state index contributed by atoms with van der Waals surface area (Å²) in [7, 11) is 0. The van der Waals surface area contributed by atoms with Gasteiger partial charge in [0, 0.05) is 6.42 Å². The molecule has 0 amide bonds. The molecule has 0 aromatic carbocycles. The molecule has 0 aromatic rings. The molecule has 0 aromatic heterocycles. The summed E-state index contributed by atoms with van der Waals surface area (Å²) in [5.74, 6) is 4.31. The zero-order valence-electron chi connectivity index (χ0n) is 9.13. The van der Waals surface area contributed by atoms with Gasteiger partial charge in [-0.3, -0.25) is 0 Å². The van der Waals surface area contributed by atoms with Crippen LogP contribution in [0, 0.1) is 17.8 Å². The fourth-order valence-electron chi connectivity index (χ4n) is 2.36. The first-order valence-electron chi connectivity index (χ1n) is 5.80. The van der Waals surface area contributed by atoms with Crippen LogP contribution >= 0.6 is 11.8 Å². The van der Waals surface area contributed by atoms with E-state index in [1.54, 1.807) is 0 Å². The number of halogens is 3. The predicted molar refractivity (Wildman–Crippen MR) is 58.5 cm³/mol. The van der Waals surface area contributed by atoms with E-state index in [2.05, 4.69) is 0 Å². The van der Waals surface area contributed by atoms with Crippen LogP contribution in [0.1, 0.15) is 19.3 Å². The van der Waals surface area contributed by atoms with Gasteiger partial charge in [-0.15, -0.1) is 0 Å². The van der Waals surface area contributed by atoms with Crippen molar-refractivity contribution < 1.29 is 17.9 Å². The largest absolute Gasteiger partial charge is 0.389 e. The lowest BCUT2D eigenvalue weighted by Crippen LogP contribution is -2.06. The van der Waals surface area contributed by atoms with Crippen molar-refractivity contribution in [1.29, 1.82) is 0 Å². The van der Waals surface area contributed by atoms with Crippen molar-refractivity contribution in [2.24, 2.45) is 17.8 Å². The molecule has 2 fully saturated rings. The first-order valence-corrected chi connectivity index (χ1v) is 6.95. The third-order valence-corrected chi connectivity index (χ3v) is 4.64. The first-order chi connectivity index (χ1) is 7.58. The van der Waals surface area contributed by atoms with Gasteiger partial charge in [-0.05, 0) is 42.1 Å². The van der Waals surface area contributed by atoms with Crippen molar-refractivity contribution >= 4 is 11.8 Å². The molecule has 0 radical (unpaired) electrons. The van der Waals surface area contributed by atoms with Crippen molar-refractivity contribution in [1.82, 2.24) is 0 Å². The van der Waals surface area contributed by atoms with Crippen molar-refractivity contribution in [3.05, 3.63) is 0 Å². The number of fused-ring (bicyclic) bond motifs is 1. The Kier molecular flexibility index (Phi) is 4.06. The Labute approximate surface area is 98.1 Å². The maximum absolute atomic E-state index is 11.8. The predicted octanol–water partition coefficient (Wildman–Crippen LogP) is 3.34. The molecule has 1 aliphatic heterocycles. The van der Waals surface area contributed by atoms with Crippen LogP contribution in [0.2, 0.25) is 0 Å². The summed E-state index contributed by atoms with van der Waals surface area (Å²) in [4.78, 5) is 0. The van der Waals surface area contributed by atoms with Crippen LogP contribution in [-0.4, -0.2) is 30.9 Å². The third kappa shape index (κ3) is 3.55. The van der Waals surface area contributed by atoms with E-state index in [0.29, 0.717) is 6.42 Å². The summed E-state index contributed by atoms with van der Waals surface area (Å²) in [6, 6.07) is 0. The van der Waals surface area contributed by atoms with E-state index in [9.17, 15) is 13.2 Å². The smallest absolute Gasteiger partial charge is 0.381 e. The highest BCUT2D eigenvalue weighted by Gasteiger charge is 2.53. The van der Waals surface area contributed by atoms with E-state index in [-0.39, 0.29) is 6.42 Å². The third-order valence-electron chi connectivity index (χ3n) is 3.44. The summed E-state index contributed by atoms with van der Waals surface area (Å²) >= 11 is 1.81. The molecule has 2 rings (SSSR count). The molecule has 16 heavy (non-hydrogen) atoms. The van der Waals surface area contributed by atoms with Crippen LogP contribution in [0.15, 0.2) is 0 Å². The van der Waals surface area contributed by atoms with Crippen molar-refractivity contribution in [2.75, 3.05) is 24.7 Å². The van der Waals surface area contributed by atoms with Gasteiger partial charge in [-0.1, -0.05) is 0 Å². The highest BCUT2D eigenvalue weighted by atomic mass is 32.2. The SMILES string of the molecule is FC(F)(F)CCCCSCC1C2COCC21. The van der Waals surface area contributed by atoms with Gasteiger partial charge in [-0.25, -0.2) is 0 Å². The quantitative estimate of drug-likeness (QED) is 0.672. The monoisotopic (exact) mass is 254 g/mol. The molecule has 2 atom stereocenters. The number of hydrogen-bond donors (Lipinski definition) is 0. The summed E-state index contributed by atoms with van der Waals surface area (Å²) in [6.45, 7) is 1.81. The van der Waals surface area contributed by atoms with Crippen LogP contribution in [0.4, 0.5) is 13.2 Å². The van der Waals surface area contributed by atoms with Crippen molar-refractivity contribution in [2.45, 2.75) is 25.4 Å². The van der Waals surface area contributed by atoms with E-state index in [1.807, 2.05) is 11.8 Å². The molecule has 1 saturated carbocycles. The minimum Gasteiger partial charge on any atom is -0.381 e. The summed E-state index contributed by atoms with van der Waals surface area (Å²) in [6.07, 6.45) is -3.65. The topological polar surface area (TPSA) is 9.23 Å². The molecule has 2 unspecified atom stereocenters. The Bertz CT molecular complexity index is 222. The first kappa shape index (κ1) is 12.6. The molecular weight excluding hydrogens is 237 g/mol. The minimum absolute atomic E-state index is 0.275. The number of unbranched alkanes of at least 4 members (excludes halogenated alkanes) is 1. The van der Waals surface area contributed by atoms with Crippen LogP contribution < -0.4 is 0 Å². The molecule has 1 saturated heterocycles. The number of alkyl halides is 3. The van der Waals surface area contributed by atoms with Gasteiger partial charge in [0.1, 0.15) is 0 Å². The lowest BCUT2D eigenvalue weighted by molar-refractivity contribution is -0.135. The van der Waals surface area contributed by atoms with Gasteiger partial charge in [0.15, 0.2) is 0 Å². The number of ether oxygens (including phenoxy) is 1. The van der Waals surface area contributed by atoms with Crippen LogP contribution in [0.3, 0.4) is 0 Å². The molecule has 0 N–H and O–H groups in total. The molecule has 0 spiro atoms. The van der Waals surface area contributed by atoms with Gasteiger partial charge >= 0.3 is 6.18 Å². The second kappa shape index (κ2) is 5.17. The molecule has 94 valence electrons. The molecule has 0 bridgehead atoms. The Balaban J connectivity index is 1.42. The summed E-state index contributed by atoms with van der Waals surface area (Å²) in [5, 5.41) is 0. The highest BCUT2D eigenvalue weighted by molar-refractivity contribution is 7.99. The highest BCUT2D eigenvalue weighted by Crippen LogP contribution is 2.52. The van der Waals surface area contributed by atoms with Crippen LogP contribution in [0.25, 0.3) is 0 Å². The van der Waals surface area contributed by atoms with Crippen LogP contribution in [-0.2, 0) is 4.74 Å². The Morgan fingerprint density at radius 1 is 1.12 bits per heavy atom. The van der Waals surface area contributed by atoms with Crippen molar-refractivity contribution in [3.8, 4) is 0 Å². The zero-order chi connectivity index (χ0) is 11.6. The van der Waals surface area contributed by atoms with E-state index < -0.39 is 12.6 Å². The molecule has 5 heteroatoms. The molecule has 1 aliphatic carbocycles. The van der Waals surface area contributed by atoms with Crippen molar-refractivity contribution in [3.63, 3.8) is 0 Å². The maximum atomic E-state index is 11.8. The van der Waals surface area contributed by atoms with E-state index >= 15 is 0 Å². The minimum atomic E-state index is -3.98. The van der Waals surface area contributed by atoms with Gasteiger partial charge in [0.2, 0.25) is 0 Å². The number of hydrogen-bond acceptors (Lipinski definition) is 2. The Morgan fingerprint density at radius 3 is 2.44 bits per heavy atom. The molecule has 2 aliphatic rings. The summed E-state index contributed by atoms with van der Waals surface area (Å²) < 4.78 is 40.8. The summed E-state index contributed by atoms with van der Waals surface area (Å²) in [5.41, 5.74) is 0. The van der Waals surface area contributed by atoms with E-state index in [1.165, 1.54) is 0 Å². The lowest BCUT2D eigenvalue weighted by Gasteiger charge is -2.06. The maximum Gasteiger partial charge on any atom is 0.389 e.